The van der Waals surface area contributed by atoms with Crippen molar-refractivity contribution in [3.05, 3.63) is 59.2 Å². The Bertz CT molecular complexity index is 1130. The van der Waals surface area contributed by atoms with E-state index in [1.807, 2.05) is 49.5 Å². The van der Waals surface area contributed by atoms with E-state index in [0.717, 1.165) is 45.3 Å². The van der Waals surface area contributed by atoms with Crippen molar-refractivity contribution in [2.45, 2.75) is 38.5 Å². The van der Waals surface area contributed by atoms with Crippen LogP contribution in [0.2, 0.25) is 0 Å². The third-order valence-corrected chi connectivity index (χ3v) is 7.27. The molecule has 0 bridgehead atoms. The van der Waals surface area contributed by atoms with Crippen LogP contribution in [0.5, 0.6) is 5.75 Å². The van der Waals surface area contributed by atoms with E-state index in [1.165, 1.54) is 0 Å². The molecule has 1 saturated carbocycles. The molecule has 172 valence electrons. The van der Waals surface area contributed by atoms with Crippen LogP contribution < -0.4 is 15.4 Å². The second-order valence-corrected chi connectivity index (χ2v) is 9.35. The number of thiazole rings is 1. The van der Waals surface area contributed by atoms with E-state index in [0.29, 0.717) is 24.4 Å². The number of carbonyl (C=O) groups is 2. The van der Waals surface area contributed by atoms with Gasteiger partial charge in [0.15, 0.2) is 0 Å². The lowest BCUT2D eigenvalue weighted by atomic mass is 9.82. The van der Waals surface area contributed by atoms with Gasteiger partial charge in [0.05, 0.1) is 22.9 Å². The number of aliphatic carboxylic acids is 1. The largest absolute Gasteiger partial charge is 0.497 e. The SMILES string of the molecule is COc1ccc(NC(=O)Nc2ccc(-c3cnc(C4CCC(C(=O)O)CC4)s3)cc2)c(C)c1. The summed E-state index contributed by atoms with van der Waals surface area (Å²) in [5.74, 6) is 0.181. The molecule has 0 spiro atoms. The minimum atomic E-state index is -0.685. The Balaban J connectivity index is 1.35. The van der Waals surface area contributed by atoms with Gasteiger partial charge in [0.2, 0.25) is 0 Å². The normalized spacial score (nSPS) is 17.9. The lowest BCUT2D eigenvalue weighted by molar-refractivity contribution is -0.142. The molecule has 1 aromatic heterocycles. The number of hydrogen-bond acceptors (Lipinski definition) is 5. The van der Waals surface area contributed by atoms with Gasteiger partial charge in [0.1, 0.15) is 5.75 Å². The number of ether oxygens (including phenoxy) is 1. The Morgan fingerprint density at radius 2 is 1.79 bits per heavy atom. The van der Waals surface area contributed by atoms with Crippen LogP contribution in [0.3, 0.4) is 0 Å². The number of urea groups is 1. The van der Waals surface area contributed by atoms with Crippen LogP contribution in [0.4, 0.5) is 16.2 Å². The predicted octanol–water partition coefficient (Wildman–Crippen LogP) is 6.13. The number of hydrogen-bond donors (Lipinski definition) is 3. The van der Waals surface area contributed by atoms with E-state index < -0.39 is 5.97 Å². The Morgan fingerprint density at radius 3 is 2.42 bits per heavy atom. The zero-order chi connectivity index (χ0) is 23.4. The van der Waals surface area contributed by atoms with Gasteiger partial charge in [-0.3, -0.25) is 4.79 Å². The Labute approximate surface area is 196 Å². The maximum absolute atomic E-state index is 12.4. The zero-order valence-electron chi connectivity index (χ0n) is 18.6. The highest BCUT2D eigenvalue weighted by atomic mass is 32.1. The van der Waals surface area contributed by atoms with Crippen molar-refractivity contribution >= 4 is 34.7 Å². The molecule has 33 heavy (non-hydrogen) atoms. The molecule has 0 radical (unpaired) electrons. The van der Waals surface area contributed by atoms with Crippen LogP contribution in [0, 0.1) is 12.8 Å². The summed E-state index contributed by atoms with van der Waals surface area (Å²) in [5, 5.41) is 16.0. The summed E-state index contributed by atoms with van der Waals surface area (Å²) in [6.45, 7) is 1.91. The van der Waals surface area contributed by atoms with Crippen molar-refractivity contribution in [2.75, 3.05) is 17.7 Å². The first kappa shape index (κ1) is 22.8. The number of carboxylic acid groups (broad SMARTS) is 1. The fourth-order valence-corrected chi connectivity index (χ4v) is 5.20. The van der Waals surface area contributed by atoms with Gasteiger partial charge >= 0.3 is 12.0 Å². The van der Waals surface area contributed by atoms with Crippen LogP contribution in [-0.4, -0.2) is 29.2 Å². The summed E-state index contributed by atoms with van der Waals surface area (Å²) < 4.78 is 5.19. The van der Waals surface area contributed by atoms with Gasteiger partial charge in [-0.05, 0) is 74.1 Å². The minimum absolute atomic E-state index is 0.216. The second-order valence-electron chi connectivity index (χ2n) is 8.29. The van der Waals surface area contributed by atoms with E-state index in [2.05, 4.69) is 15.6 Å². The van der Waals surface area contributed by atoms with Crippen LogP contribution in [0.15, 0.2) is 48.7 Å². The molecule has 3 aromatic rings. The molecule has 0 unspecified atom stereocenters. The first-order valence-corrected chi connectivity index (χ1v) is 11.8. The molecule has 0 saturated heterocycles. The average molecular weight is 466 g/mol. The van der Waals surface area contributed by atoms with Gasteiger partial charge in [-0.2, -0.15) is 0 Å². The van der Waals surface area contributed by atoms with Crippen LogP contribution >= 0.6 is 11.3 Å². The Hall–Kier alpha value is -3.39. The van der Waals surface area contributed by atoms with Crippen molar-refractivity contribution in [1.29, 1.82) is 0 Å². The summed E-state index contributed by atoms with van der Waals surface area (Å²) in [6, 6.07) is 12.8. The number of aromatic nitrogens is 1. The maximum atomic E-state index is 12.4. The van der Waals surface area contributed by atoms with Crippen LogP contribution in [0.25, 0.3) is 10.4 Å². The molecule has 8 heteroatoms. The number of benzene rings is 2. The van der Waals surface area contributed by atoms with E-state index in [-0.39, 0.29) is 11.9 Å². The number of methoxy groups -OCH3 is 1. The highest BCUT2D eigenvalue weighted by molar-refractivity contribution is 7.15. The number of anilines is 2. The number of nitrogens with zero attached hydrogens (tertiary/aromatic N) is 1. The van der Waals surface area contributed by atoms with Gasteiger partial charge < -0.3 is 20.5 Å². The molecule has 4 rings (SSSR count). The van der Waals surface area contributed by atoms with Gasteiger partial charge in [0, 0.05) is 23.5 Å². The van der Waals surface area contributed by atoms with Crippen molar-refractivity contribution < 1.29 is 19.4 Å². The van der Waals surface area contributed by atoms with Crippen LogP contribution in [-0.2, 0) is 4.79 Å². The first-order valence-electron chi connectivity index (χ1n) is 10.9. The lowest BCUT2D eigenvalue weighted by Crippen LogP contribution is -2.20. The summed E-state index contributed by atoms with van der Waals surface area (Å²) in [4.78, 5) is 29.2. The second kappa shape index (κ2) is 10.0. The summed E-state index contributed by atoms with van der Waals surface area (Å²) in [6.07, 6.45) is 5.05. The number of rotatable bonds is 6. The first-order chi connectivity index (χ1) is 15.9. The molecular formula is C25H27N3O4S. The highest BCUT2D eigenvalue weighted by Crippen LogP contribution is 2.39. The van der Waals surface area contributed by atoms with Crippen molar-refractivity contribution in [2.24, 2.45) is 5.92 Å². The fourth-order valence-electron chi connectivity index (χ4n) is 4.10. The van der Waals surface area contributed by atoms with E-state index in [9.17, 15) is 14.7 Å². The molecule has 1 aliphatic carbocycles. The van der Waals surface area contributed by atoms with Gasteiger partial charge in [-0.25, -0.2) is 9.78 Å². The summed E-state index contributed by atoms with van der Waals surface area (Å²) in [5.41, 5.74) is 3.37. The molecule has 1 fully saturated rings. The molecule has 2 aromatic carbocycles. The number of aryl methyl sites for hydroxylation is 1. The number of amides is 2. The van der Waals surface area contributed by atoms with Crippen molar-refractivity contribution in [3.8, 4) is 16.2 Å². The smallest absolute Gasteiger partial charge is 0.323 e. The van der Waals surface area contributed by atoms with Gasteiger partial charge in [-0.1, -0.05) is 12.1 Å². The van der Waals surface area contributed by atoms with E-state index in [1.54, 1.807) is 24.5 Å². The Kier molecular flexibility index (Phi) is 6.93. The maximum Gasteiger partial charge on any atom is 0.323 e. The zero-order valence-corrected chi connectivity index (χ0v) is 19.4. The highest BCUT2D eigenvalue weighted by Gasteiger charge is 2.28. The van der Waals surface area contributed by atoms with Crippen molar-refractivity contribution in [3.63, 3.8) is 0 Å². The molecule has 1 aliphatic rings. The molecule has 7 nitrogen and oxygen atoms in total. The summed E-state index contributed by atoms with van der Waals surface area (Å²) in [7, 11) is 1.61. The van der Waals surface area contributed by atoms with Gasteiger partial charge in [0.25, 0.3) is 0 Å². The average Bonchev–Trinajstić information content (AvgIpc) is 3.31. The summed E-state index contributed by atoms with van der Waals surface area (Å²) >= 11 is 1.66. The standard InChI is InChI=1S/C25H27N3O4S/c1-15-13-20(32-2)11-12-21(15)28-25(31)27-19-9-7-16(8-10-19)22-14-26-23(33-22)17-3-5-18(6-4-17)24(29)30/h7-14,17-18H,3-6H2,1-2H3,(H,29,30)(H2,27,28,31). The molecule has 1 heterocycles. The number of carbonyl (C=O) groups excluding carboxylic acids is 1. The molecule has 0 aliphatic heterocycles. The number of carboxylic acids is 1. The minimum Gasteiger partial charge on any atom is -0.497 e. The molecule has 0 atom stereocenters. The third kappa shape index (κ3) is 5.51. The Morgan fingerprint density at radius 1 is 1.06 bits per heavy atom. The van der Waals surface area contributed by atoms with E-state index in [4.69, 9.17) is 4.74 Å². The van der Waals surface area contributed by atoms with Crippen LogP contribution in [0.1, 0.15) is 42.2 Å². The topological polar surface area (TPSA) is 101 Å². The fraction of sp³-hybridized carbons (Fsp3) is 0.320. The lowest BCUT2D eigenvalue weighted by Gasteiger charge is -2.24. The molecule has 2 amide bonds. The van der Waals surface area contributed by atoms with Crippen molar-refractivity contribution in [1.82, 2.24) is 4.98 Å². The van der Waals surface area contributed by atoms with E-state index >= 15 is 0 Å². The van der Waals surface area contributed by atoms with Gasteiger partial charge in [-0.15, -0.1) is 11.3 Å². The molecular weight excluding hydrogens is 438 g/mol. The third-order valence-electron chi connectivity index (χ3n) is 6.06. The quantitative estimate of drug-likeness (QED) is 0.407. The monoisotopic (exact) mass is 465 g/mol. The predicted molar refractivity (Wildman–Crippen MR) is 130 cm³/mol. The molecule has 3 N–H and O–H groups in total. The number of nitrogens with one attached hydrogen (secondary N) is 2.